The van der Waals surface area contributed by atoms with E-state index < -0.39 is 0 Å². The van der Waals surface area contributed by atoms with E-state index in [1.54, 1.807) is 19.2 Å². The normalized spacial score (nSPS) is 12.0. The Balaban J connectivity index is 1.75. The first-order valence-electron chi connectivity index (χ1n) is 10.3. The third-order valence-electron chi connectivity index (χ3n) is 4.99. The lowest BCUT2D eigenvalue weighted by atomic mass is 10.1. The molecule has 0 bridgehead atoms. The molecule has 1 heterocycles. The first-order chi connectivity index (χ1) is 15.0. The Kier molecular flexibility index (Phi) is 7.78. The predicted octanol–water partition coefficient (Wildman–Crippen LogP) is 4.55. The van der Waals surface area contributed by atoms with Crippen LogP contribution in [0.2, 0.25) is 0 Å². The second-order valence-electron chi connectivity index (χ2n) is 7.53. The summed E-state index contributed by atoms with van der Waals surface area (Å²) >= 11 is 0. The number of carbonyl (C=O) groups is 1. The molecular weight excluding hydrogens is 397 g/mol. The molecule has 0 saturated carbocycles. The Morgan fingerprint density at radius 1 is 1.16 bits per heavy atom. The fourth-order valence-electron chi connectivity index (χ4n) is 3.12. The van der Waals surface area contributed by atoms with Crippen molar-refractivity contribution in [2.45, 2.75) is 45.9 Å². The van der Waals surface area contributed by atoms with Crippen LogP contribution in [-0.2, 0) is 19.6 Å². The van der Waals surface area contributed by atoms with E-state index in [9.17, 15) is 9.18 Å². The summed E-state index contributed by atoms with van der Waals surface area (Å²) < 4.78 is 24.2. The van der Waals surface area contributed by atoms with Crippen molar-refractivity contribution in [1.82, 2.24) is 15.2 Å². The van der Waals surface area contributed by atoms with Crippen LogP contribution in [0.4, 0.5) is 4.39 Å². The van der Waals surface area contributed by atoms with Gasteiger partial charge in [0.25, 0.3) is 5.91 Å². The Morgan fingerprint density at radius 2 is 1.90 bits per heavy atom. The molecule has 164 valence electrons. The minimum atomic E-state index is -0.271. The van der Waals surface area contributed by atoms with Crippen LogP contribution in [-0.4, -0.2) is 28.9 Å². The van der Waals surface area contributed by atoms with Crippen molar-refractivity contribution in [3.63, 3.8) is 0 Å². The van der Waals surface area contributed by atoms with Gasteiger partial charge in [-0.15, -0.1) is 0 Å². The van der Waals surface area contributed by atoms with Crippen LogP contribution in [0.1, 0.15) is 47.8 Å². The van der Waals surface area contributed by atoms with Gasteiger partial charge >= 0.3 is 0 Å². The van der Waals surface area contributed by atoms with E-state index in [0.717, 1.165) is 23.3 Å². The van der Waals surface area contributed by atoms with Crippen molar-refractivity contribution >= 4 is 5.91 Å². The summed E-state index contributed by atoms with van der Waals surface area (Å²) in [6.45, 7) is 5.51. The zero-order valence-corrected chi connectivity index (χ0v) is 18.1. The molecule has 0 aliphatic heterocycles. The zero-order valence-electron chi connectivity index (χ0n) is 18.1. The topological polar surface area (TPSA) is 67.6 Å². The van der Waals surface area contributed by atoms with Gasteiger partial charge in [0.05, 0.1) is 13.7 Å². The van der Waals surface area contributed by atoms with Gasteiger partial charge in [0.2, 0.25) is 5.89 Å². The zero-order chi connectivity index (χ0) is 22.2. The van der Waals surface area contributed by atoms with Crippen molar-refractivity contribution in [3.8, 4) is 5.75 Å². The number of methoxy groups -OCH3 is 1. The number of hydrogen-bond donors (Lipinski definition) is 1. The molecule has 0 aliphatic carbocycles. The van der Waals surface area contributed by atoms with Gasteiger partial charge in [0, 0.05) is 19.1 Å². The Morgan fingerprint density at radius 3 is 2.61 bits per heavy atom. The van der Waals surface area contributed by atoms with E-state index >= 15 is 0 Å². The van der Waals surface area contributed by atoms with Crippen molar-refractivity contribution < 1.29 is 18.3 Å². The van der Waals surface area contributed by atoms with E-state index in [-0.39, 0.29) is 23.5 Å². The second-order valence-corrected chi connectivity index (χ2v) is 7.53. The van der Waals surface area contributed by atoms with Crippen molar-refractivity contribution in [3.05, 3.63) is 83.3 Å². The molecule has 6 nitrogen and oxygen atoms in total. The van der Waals surface area contributed by atoms with Crippen molar-refractivity contribution in [1.29, 1.82) is 0 Å². The van der Waals surface area contributed by atoms with Crippen LogP contribution in [0.25, 0.3) is 0 Å². The maximum Gasteiger partial charge on any atom is 0.273 e. The summed E-state index contributed by atoms with van der Waals surface area (Å²) in [5.74, 6) is 0.702. The van der Waals surface area contributed by atoms with Gasteiger partial charge < -0.3 is 14.5 Å². The second kappa shape index (κ2) is 10.7. The van der Waals surface area contributed by atoms with Crippen LogP contribution in [0.3, 0.4) is 0 Å². The van der Waals surface area contributed by atoms with E-state index in [1.807, 2.05) is 38.1 Å². The first kappa shape index (κ1) is 22.5. The van der Waals surface area contributed by atoms with Crippen LogP contribution < -0.4 is 10.1 Å². The summed E-state index contributed by atoms with van der Waals surface area (Å²) in [5.41, 5.74) is 2.28. The standard InChI is InChI=1S/C24H28FN3O3/c1-4-17(2)26-24(29)22-16-31-23(27-22)15-28(13-18-8-10-20(25)11-9-18)14-19-6-5-7-21(12-19)30-3/h5-12,16-17H,4,13-15H2,1-3H3,(H,26,29). The third-order valence-corrected chi connectivity index (χ3v) is 4.99. The average molecular weight is 426 g/mol. The molecule has 3 aromatic rings. The fraction of sp³-hybridized carbons (Fsp3) is 0.333. The van der Waals surface area contributed by atoms with Crippen LogP contribution in [0, 0.1) is 5.82 Å². The lowest BCUT2D eigenvalue weighted by Gasteiger charge is -2.21. The molecule has 1 atom stereocenters. The molecule has 2 aromatic carbocycles. The van der Waals surface area contributed by atoms with Gasteiger partial charge in [0.15, 0.2) is 5.69 Å². The molecule has 0 radical (unpaired) electrons. The highest BCUT2D eigenvalue weighted by molar-refractivity contribution is 5.92. The highest BCUT2D eigenvalue weighted by Gasteiger charge is 2.17. The van der Waals surface area contributed by atoms with E-state index in [2.05, 4.69) is 15.2 Å². The van der Waals surface area contributed by atoms with Gasteiger partial charge in [-0.1, -0.05) is 31.2 Å². The number of ether oxygens (including phenoxy) is 1. The minimum absolute atomic E-state index is 0.0654. The molecule has 1 N–H and O–H groups in total. The number of aromatic nitrogens is 1. The number of amides is 1. The number of nitrogens with one attached hydrogen (secondary N) is 1. The average Bonchev–Trinajstić information content (AvgIpc) is 3.24. The summed E-state index contributed by atoms with van der Waals surface area (Å²) in [4.78, 5) is 18.8. The molecule has 3 rings (SSSR count). The highest BCUT2D eigenvalue weighted by Crippen LogP contribution is 2.18. The maximum atomic E-state index is 13.3. The van der Waals surface area contributed by atoms with Gasteiger partial charge in [-0.05, 0) is 48.7 Å². The number of nitrogens with zero attached hydrogens (tertiary/aromatic N) is 2. The number of carbonyl (C=O) groups excluding carboxylic acids is 1. The SMILES string of the molecule is CCC(C)NC(=O)c1coc(CN(Cc2ccc(F)cc2)Cc2cccc(OC)c2)n1. The summed E-state index contributed by atoms with van der Waals surface area (Å²) in [7, 11) is 1.63. The van der Waals surface area contributed by atoms with Crippen LogP contribution in [0.15, 0.2) is 59.2 Å². The molecule has 31 heavy (non-hydrogen) atoms. The summed E-state index contributed by atoms with van der Waals surface area (Å²) in [6, 6.07) is 14.3. The largest absolute Gasteiger partial charge is 0.497 e. The first-order valence-corrected chi connectivity index (χ1v) is 10.3. The van der Waals surface area contributed by atoms with Crippen LogP contribution in [0.5, 0.6) is 5.75 Å². The Labute approximate surface area is 182 Å². The number of rotatable bonds is 10. The Bertz CT molecular complexity index is 988. The van der Waals surface area contributed by atoms with Gasteiger partial charge in [-0.3, -0.25) is 9.69 Å². The molecule has 7 heteroatoms. The lowest BCUT2D eigenvalue weighted by molar-refractivity contribution is 0.0934. The number of benzene rings is 2. The lowest BCUT2D eigenvalue weighted by Crippen LogP contribution is -2.32. The quantitative estimate of drug-likeness (QED) is 0.516. The minimum Gasteiger partial charge on any atom is -0.497 e. The molecule has 0 saturated heterocycles. The molecule has 0 aliphatic rings. The molecule has 0 spiro atoms. The van der Waals surface area contributed by atoms with Gasteiger partial charge in [0.1, 0.15) is 17.8 Å². The van der Waals surface area contributed by atoms with E-state index in [1.165, 1.54) is 18.4 Å². The summed E-state index contributed by atoms with van der Waals surface area (Å²) in [5, 5.41) is 2.89. The molecule has 0 fully saturated rings. The molecule has 1 unspecified atom stereocenters. The number of oxazole rings is 1. The summed E-state index contributed by atoms with van der Waals surface area (Å²) in [6.07, 6.45) is 2.22. The van der Waals surface area contributed by atoms with Crippen LogP contribution >= 0.6 is 0 Å². The fourth-order valence-corrected chi connectivity index (χ4v) is 3.12. The number of halogens is 1. The Hall–Kier alpha value is -3.19. The van der Waals surface area contributed by atoms with E-state index in [4.69, 9.17) is 9.15 Å². The molecule has 1 aromatic heterocycles. The third kappa shape index (κ3) is 6.65. The molecular formula is C24H28FN3O3. The van der Waals surface area contributed by atoms with Gasteiger partial charge in [-0.2, -0.15) is 0 Å². The predicted molar refractivity (Wildman–Crippen MR) is 116 cm³/mol. The number of hydrogen-bond acceptors (Lipinski definition) is 5. The highest BCUT2D eigenvalue weighted by atomic mass is 19.1. The smallest absolute Gasteiger partial charge is 0.273 e. The van der Waals surface area contributed by atoms with Crippen molar-refractivity contribution in [2.24, 2.45) is 0 Å². The monoisotopic (exact) mass is 425 g/mol. The maximum absolute atomic E-state index is 13.3. The van der Waals surface area contributed by atoms with Gasteiger partial charge in [-0.25, -0.2) is 9.37 Å². The molecule has 1 amide bonds. The van der Waals surface area contributed by atoms with Crippen molar-refractivity contribution in [2.75, 3.05) is 7.11 Å². The van der Waals surface area contributed by atoms with E-state index in [0.29, 0.717) is 25.5 Å².